The molecule has 13 heavy (non-hydrogen) atoms. The van der Waals surface area contributed by atoms with E-state index in [-0.39, 0.29) is 0 Å². The van der Waals surface area contributed by atoms with Crippen molar-refractivity contribution in [1.82, 2.24) is 0 Å². The zero-order valence-corrected chi connectivity index (χ0v) is 10.1. The molecule has 0 N–H and O–H groups in total. The number of hydrogen-bond donors (Lipinski definition) is 0. The summed E-state index contributed by atoms with van der Waals surface area (Å²) >= 11 is 0. The average Bonchev–Trinajstić information content (AvgIpc) is 2.14. The van der Waals surface area contributed by atoms with E-state index in [9.17, 15) is 0 Å². The predicted molar refractivity (Wildman–Crippen MR) is 64.9 cm³/mol. The monoisotopic (exact) mass is 182 g/mol. The van der Waals surface area contributed by atoms with Crippen LogP contribution in [0.2, 0.25) is 13.1 Å². The molecular weight excluding hydrogens is 155 g/mol. The zero-order chi connectivity index (χ0) is 10.1. The molecule has 2 unspecified atom stereocenters. The van der Waals surface area contributed by atoms with Crippen LogP contribution in [0.15, 0.2) is 0 Å². The van der Waals surface area contributed by atoms with Crippen molar-refractivity contribution in [1.29, 1.82) is 0 Å². The third-order valence-electron chi connectivity index (χ3n) is 3.25. The largest absolute Gasteiger partial charge is 0.117 e. The summed E-state index contributed by atoms with van der Waals surface area (Å²) in [5.41, 5.74) is 0. The first-order valence-electron chi connectivity index (χ1n) is 6.22. The standard InChI is InChI=1S/C12H27B/c1-5-6-8-11(2)12(3)9-7-10-13-4/h11-13H,5-10H2,1-4H3. The van der Waals surface area contributed by atoms with E-state index in [0.717, 1.165) is 11.8 Å². The van der Waals surface area contributed by atoms with Gasteiger partial charge < -0.3 is 0 Å². The van der Waals surface area contributed by atoms with Crippen LogP contribution in [0, 0.1) is 11.8 Å². The fourth-order valence-electron chi connectivity index (χ4n) is 1.81. The number of hydrogen-bond acceptors (Lipinski definition) is 0. The molecule has 0 aromatic heterocycles. The Labute approximate surface area is 85.7 Å². The topological polar surface area (TPSA) is 0 Å². The summed E-state index contributed by atoms with van der Waals surface area (Å²) in [4.78, 5) is 0. The van der Waals surface area contributed by atoms with Gasteiger partial charge in [0.25, 0.3) is 0 Å². The summed E-state index contributed by atoms with van der Waals surface area (Å²) in [6.07, 6.45) is 8.51. The minimum absolute atomic E-state index is 0.941. The first-order valence-corrected chi connectivity index (χ1v) is 6.22. The normalized spacial score (nSPS) is 15.4. The van der Waals surface area contributed by atoms with Gasteiger partial charge in [0.05, 0.1) is 0 Å². The summed E-state index contributed by atoms with van der Waals surface area (Å²) in [6.45, 7) is 9.42. The lowest BCUT2D eigenvalue weighted by Crippen LogP contribution is -2.08. The van der Waals surface area contributed by atoms with Gasteiger partial charge in [-0.3, -0.25) is 0 Å². The second-order valence-electron chi connectivity index (χ2n) is 4.59. The second-order valence-corrected chi connectivity index (χ2v) is 4.59. The molecule has 0 aliphatic rings. The summed E-state index contributed by atoms with van der Waals surface area (Å²) in [6, 6.07) is 0. The third kappa shape index (κ3) is 7.16. The molecule has 0 fully saturated rings. The molecule has 0 bridgehead atoms. The summed E-state index contributed by atoms with van der Waals surface area (Å²) in [7, 11) is 1.36. The molecular formula is C12H27B. The Balaban J connectivity index is 3.38. The Morgan fingerprint density at radius 1 is 1.00 bits per heavy atom. The van der Waals surface area contributed by atoms with E-state index in [1.54, 1.807) is 0 Å². The first kappa shape index (κ1) is 13.1. The smallest absolute Gasteiger partial charge is 0.0893 e. The van der Waals surface area contributed by atoms with Gasteiger partial charge in [0.15, 0.2) is 0 Å². The fraction of sp³-hybridized carbons (Fsp3) is 1.00. The van der Waals surface area contributed by atoms with Gasteiger partial charge in [-0.05, 0) is 11.8 Å². The maximum absolute atomic E-state index is 2.43. The van der Waals surface area contributed by atoms with Gasteiger partial charge in [0.2, 0.25) is 0 Å². The van der Waals surface area contributed by atoms with Crippen LogP contribution in [0.1, 0.15) is 52.9 Å². The van der Waals surface area contributed by atoms with Crippen molar-refractivity contribution >= 4 is 7.28 Å². The zero-order valence-electron chi connectivity index (χ0n) is 10.1. The predicted octanol–water partition coefficient (Wildman–Crippen LogP) is 4.13. The summed E-state index contributed by atoms with van der Waals surface area (Å²) in [5, 5.41) is 0. The SMILES string of the molecule is CBCCCC(C)C(C)CCCC. The molecule has 0 aromatic rings. The minimum Gasteiger partial charge on any atom is -0.0893 e. The lowest BCUT2D eigenvalue weighted by molar-refractivity contribution is 0.333. The third-order valence-corrected chi connectivity index (χ3v) is 3.25. The van der Waals surface area contributed by atoms with E-state index in [0.29, 0.717) is 0 Å². The van der Waals surface area contributed by atoms with Crippen LogP contribution in [0.25, 0.3) is 0 Å². The van der Waals surface area contributed by atoms with Gasteiger partial charge in [0, 0.05) is 0 Å². The van der Waals surface area contributed by atoms with Crippen molar-refractivity contribution in [3.63, 3.8) is 0 Å². The van der Waals surface area contributed by atoms with E-state index in [4.69, 9.17) is 0 Å². The van der Waals surface area contributed by atoms with Gasteiger partial charge in [-0.1, -0.05) is 66.0 Å². The molecule has 0 rings (SSSR count). The van der Waals surface area contributed by atoms with E-state index >= 15 is 0 Å². The Kier molecular flexibility index (Phi) is 8.70. The molecule has 0 nitrogen and oxygen atoms in total. The van der Waals surface area contributed by atoms with Crippen LogP contribution < -0.4 is 0 Å². The van der Waals surface area contributed by atoms with E-state index in [1.807, 2.05) is 0 Å². The van der Waals surface area contributed by atoms with Gasteiger partial charge in [-0.15, -0.1) is 0 Å². The van der Waals surface area contributed by atoms with Gasteiger partial charge in [-0.2, -0.15) is 0 Å². The highest BCUT2D eigenvalue weighted by Crippen LogP contribution is 2.22. The second kappa shape index (κ2) is 8.65. The molecule has 0 aliphatic heterocycles. The Bertz CT molecular complexity index is 101. The Morgan fingerprint density at radius 2 is 1.54 bits per heavy atom. The van der Waals surface area contributed by atoms with Gasteiger partial charge in [0.1, 0.15) is 7.28 Å². The van der Waals surface area contributed by atoms with Crippen molar-refractivity contribution < 1.29 is 0 Å². The molecule has 1 heteroatoms. The molecule has 0 aromatic carbocycles. The minimum atomic E-state index is 0.941. The lowest BCUT2D eigenvalue weighted by Gasteiger charge is -2.19. The molecule has 0 heterocycles. The van der Waals surface area contributed by atoms with Gasteiger partial charge in [-0.25, -0.2) is 0 Å². The molecule has 0 radical (unpaired) electrons. The average molecular weight is 182 g/mol. The van der Waals surface area contributed by atoms with E-state index in [2.05, 4.69) is 27.6 Å². The van der Waals surface area contributed by atoms with Gasteiger partial charge >= 0.3 is 0 Å². The Hall–Kier alpha value is 0.0649. The fourth-order valence-corrected chi connectivity index (χ4v) is 1.81. The van der Waals surface area contributed by atoms with Crippen LogP contribution >= 0.6 is 0 Å². The van der Waals surface area contributed by atoms with Crippen molar-refractivity contribution in [2.45, 2.75) is 66.0 Å². The molecule has 0 saturated heterocycles. The maximum atomic E-state index is 2.43. The molecule has 0 saturated carbocycles. The highest BCUT2D eigenvalue weighted by Gasteiger charge is 2.10. The maximum Gasteiger partial charge on any atom is 0.117 e. The van der Waals surface area contributed by atoms with E-state index < -0.39 is 0 Å². The molecule has 0 amide bonds. The van der Waals surface area contributed by atoms with Crippen molar-refractivity contribution in [3.8, 4) is 0 Å². The van der Waals surface area contributed by atoms with Crippen LogP contribution in [0.5, 0.6) is 0 Å². The number of unbranched alkanes of at least 4 members (excludes halogenated alkanes) is 1. The van der Waals surface area contributed by atoms with E-state index in [1.165, 1.54) is 45.7 Å². The lowest BCUT2D eigenvalue weighted by atomic mass is 9.74. The van der Waals surface area contributed by atoms with Crippen LogP contribution in [-0.2, 0) is 0 Å². The molecule has 0 aliphatic carbocycles. The van der Waals surface area contributed by atoms with Crippen molar-refractivity contribution in [3.05, 3.63) is 0 Å². The Morgan fingerprint density at radius 3 is 2.00 bits per heavy atom. The van der Waals surface area contributed by atoms with Crippen LogP contribution in [0.3, 0.4) is 0 Å². The highest BCUT2D eigenvalue weighted by atomic mass is 14.2. The summed E-state index contributed by atoms with van der Waals surface area (Å²) in [5.74, 6) is 1.88. The highest BCUT2D eigenvalue weighted by molar-refractivity contribution is 6.33. The molecule has 0 spiro atoms. The summed E-state index contributed by atoms with van der Waals surface area (Å²) < 4.78 is 0. The quantitative estimate of drug-likeness (QED) is 0.391. The first-order chi connectivity index (χ1) is 6.22. The van der Waals surface area contributed by atoms with Crippen LogP contribution in [-0.4, -0.2) is 7.28 Å². The number of rotatable bonds is 8. The molecule has 2 atom stereocenters. The molecule has 78 valence electrons. The van der Waals surface area contributed by atoms with Crippen LogP contribution in [0.4, 0.5) is 0 Å². The van der Waals surface area contributed by atoms with Crippen molar-refractivity contribution in [2.24, 2.45) is 11.8 Å². The van der Waals surface area contributed by atoms with Crippen molar-refractivity contribution in [2.75, 3.05) is 0 Å².